The summed E-state index contributed by atoms with van der Waals surface area (Å²) in [5.74, 6) is 0.0268. The molecular formula is C21H21N3O2S. The van der Waals surface area contributed by atoms with Crippen molar-refractivity contribution in [2.24, 2.45) is 0 Å². The minimum atomic E-state index is -0.138. The first-order valence-corrected chi connectivity index (χ1v) is 9.73. The van der Waals surface area contributed by atoms with Crippen LogP contribution in [0.1, 0.15) is 12.5 Å². The van der Waals surface area contributed by atoms with E-state index in [1.54, 1.807) is 22.8 Å². The average Bonchev–Trinajstić information content (AvgIpc) is 2.69. The monoisotopic (exact) mass is 379 g/mol. The van der Waals surface area contributed by atoms with Crippen molar-refractivity contribution in [2.45, 2.75) is 25.0 Å². The molecule has 6 heteroatoms. The lowest BCUT2D eigenvalue weighted by molar-refractivity contribution is -0.113. The summed E-state index contributed by atoms with van der Waals surface area (Å²) in [5.41, 5.74) is 2.44. The number of aromatic nitrogens is 2. The van der Waals surface area contributed by atoms with Crippen molar-refractivity contribution in [1.82, 2.24) is 9.55 Å². The summed E-state index contributed by atoms with van der Waals surface area (Å²) in [6.45, 7) is 6.13. The Bertz CT molecular complexity index is 1040. The van der Waals surface area contributed by atoms with Gasteiger partial charge in [-0.1, -0.05) is 49.0 Å². The van der Waals surface area contributed by atoms with Crippen molar-refractivity contribution < 1.29 is 4.79 Å². The number of carbonyl (C=O) groups excluding carboxylic acids is 1. The molecule has 1 heterocycles. The lowest BCUT2D eigenvalue weighted by Crippen LogP contribution is -2.23. The van der Waals surface area contributed by atoms with Crippen molar-refractivity contribution in [3.8, 4) is 0 Å². The predicted octanol–water partition coefficient (Wildman–Crippen LogP) is 3.88. The van der Waals surface area contributed by atoms with Gasteiger partial charge in [0.2, 0.25) is 5.91 Å². The van der Waals surface area contributed by atoms with E-state index in [0.717, 1.165) is 17.7 Å². The minimum Gasteiger partial charge on any atom is -0.325 e. The molecule has 3 rings (SSSR count). The highest BCUT2D eigenvalue weighted by Gasteiger charge is 2.12. The molecule has 1 N–H and O–H groups in total. The van der Waals surface area contributed by atoms with Crippen molar-refractivity contribution in [3.63, 3.8) is 0 Å². The second kappa shape index (κ2) is 8.68. The van der Waals surface area contributed by atoms with Crippen LogP contribution >= 0.6 is 11.8 Å². The fourth-order valence-corrected chi connectivity index (χ4v) is 3.55. The van der Waals surface area contributed by atoms with Crippen LogP contribution in [-0.2, 0) is 17.8 Å². The highest BCUT2D eigenvalue weighted by Crippen LogP contribution is 2.19. The topological polar surface area (TPSA) is 64.0 Å². The Hall–Kier alpha value is -2.86. The van der Waals surface area contributed by atoms with Crippen LogP contribution in [0.5, 0.6) is 0 Å². The van der Waals surface area contributed by atoms with E-state index in [1.165, 1.54) is 11.8 Å². The summed E-state index contributed by atoms with van der Waals surface area (Å²) < 4.78 is 1.55. The second-order valence-corrected chi connectivity index (χ2v) is 6.95. The molecule has 0 aliphatic carbocycles. The first-order valence-electron chi connectivity index (χ1n) is 8.74. The van der Waals surface area contributed by atoms with E-state index in [2.05, 4.69) is 23.8 Å². The van der Waals surface area contributed by atoms with Crippen LogP contribution in [0.15, 0.2) is 71.1 Å². The number of hydrogen-bond acceptors (Lipinski definition) is 4. The lowest BCUT2D eigenvalue weighted by atomic mass is 10.1. The number of nitrogens with zero attached hydrogens (tertiary/aromatic N) is 2. The summed E-state index contributed by atoms with van der Waals surface area (Å²) in [6.07, 6.45) is 2.56. The molecule has 0 spiro atoms. The number of allylic oxidation sites excluding steroid dienone is 1. The van der Waals surface area contributed by atoms with E-state index in [0.29, 0.717) is 22.6 Å². The maximum Gasteiger partial charge on any atom is 0.262 e. The van der Waals surface area contributed by atoms with Gasteiger partial charge in [-0.15, -0.1) is 6.58 Å². The number of thioether (sulfide) groups is 1. The summed E-state index contributed by atoms with van der Waals surface area (Å²) >= 11 is 1.25. The van der Waals surface area contributed by atoms with Crippen LogP contribution in [0.2, 0.25) is 0 Å². The van der Waals surface area contributed by atoms with Crippen molar-refractivity contribution in [3.05, 3.63) is 77.1 Å². The molecule has 27 heavy (non-hydrogen) atoms. The maximum atomic E-state index is 12.7. The Morgan fingerprint density at radius 2 is 2.07 bits per heavy atom. The van der Waals surface area contributed by atoms with Gasteiger partial charge in [0, 0.05) is 12.2 Å². The Morgan fingerprint density at radius 1 is 1.26 bits per heavy atom. The van der Waals surface area contributed by atoms with Crippen molar-refractivity contribution in [1.29, 1.82) is 0 Å². The number of anilines is 1. The number of carbonyl (C=O) groups is 1. The fourth-order valence-electron chi connectivity index (χ4n) is 2.74. The van der Waals surface area contributed by atoms with Gasteiger partial charge in [-0.05, 0) is 36.2 Å². The zero-order valence-electron chi connectivity index (χ0n) is 15.1. The molecule has 3 aromatic rings. The van der Waals surface area contributed by atoms with Gasteiger partial charge in [0.1, 0.15) is 0 Å². The molecule has 1 amide bonds. The zero-order valence-corrected chi connectivity index (χ0v) is 16.0. The third kappa shape index (κ3) is 4.46. The molecule has 0 unspecified atom stereocenters. The van der Waals surface area contributed by atoms with Crippen molar-refractivity contribution >= 4 is 34.3 Å². The number of para-hydroxylation sites is 1. The van der Waals surface area contributed by atoms with Crippen LogP contribution in [0.4, 0.5) is 5.69 Å². The number of benzene rings is 2. The summed E-state index contributed by atoms with van der Waals surface area (Å²) in [5, 5.41) is 3.97. The van der Waals surface area contributed by atoms with Gasteiger partial charge in [0.25, 0.3) is 5.56 Å². The summed E-state index contributed by atoms with van der Waals surface area (Å²) in [7, 11) is 0. The van der Waals surface area contributed by atoms with Gasteiger partial charge in [0.15, 0.2) is 5.16 Å². The van der Waals surface area contributed by atoms with Gasteiger partial charge in [-0.25, -0.2) is 4.98 Å². The van der Waals surface area contributed by atoms with Crippen LogP contribution in [0, 0.1) is 0 Å². The Kier molecular flexibility index (Phi) is 6.08. The smallest absolute Gasteiger partial charge is 0.262 e. The summed E-state index contributed by atoms with van der Waals surface area (Å²) in [6, 6.07) is 15.0. The van der Waals surface area contributed by atoms with E-state index in [1.807, 2.05) is 36.4 Å². The van der Waals surface area contributed by atoms with Gasteiger partial charge >= 0.3 is 0 Å². The zero-order chi connectivity index (χ0) is 19.2. The number of aryl methyl sites for hydroxylation is 1. The van der Waals surface area contributed by atoms with E-state index >= 15 is 0 Å². The molecule has 0 saturated heterocycles. The van der Waals surface area contributed by atoms with E-state index in [4.69, 9.17) is 0 Å². The molecule has 5 nitrogen and oxygen atoms in total. The normalized spacial score (nSPS) is 10.7. The van der Waals surface area contributed by atoms with E-state index in [-0.39, 0.29) is 17.2 Å². The van der Waals surface area contributed by atoms with Crippen LogP contribution in [-0.4, -0.2) is 21.2 Å². The number of fused-ring (bicyclic) bond motifs is 1. The minimum absolute atomic E-state index is 0.126. The number of hydrogen-bond donors (Lipinski definition) is 1. The molecule has 0 aliphatic heterocycles. The van der Waals surface area contributed by atoms with Gasteiger partial charge in [-0.3, -0.25) is 14.2 Å². The standard InChI is InChI=1S/C21H21N3O2S/c1-3-12-24-20(26)17-10-5-6-11-18(17)23-21(24)27-14-19(25)22-16-9-7-8-15(4-2)13-16/h3,5-11,13H,1,4,12,14H2,2H3,(H,22,25). The van der Waals surface area contributed by atoms with Gasteiger partial charge in [0.05, 0.1) is 16.7 Å². The number of rotatable bonds is 7. The fraction of sp³-hybridized carbons (Fsp3) is 0.190. The Balaban J connectivity index is 1.79. The predicted molar refractivity (Wildman–Crippen MR) is 111 cm³/mol. The number of amides is 1. The van der Waals surface area contributed by atoms with Crippen LogP contribution in [0.3, 0.4) is 0 Å². The third-order valence-corrected chi connectivity index (χ3v) is 5.07. The molecule has 0 atom stereocenters. The van der Waals surface area contributed by atoms with Crippen LogP contribution < -0.4 is 10.9 Å². The highest BCUT2D eigenvalue weighted by molar-refractivity contribution is 7.99. The van der Waals surface area contributed by atoms with Crippen LogP contribution in [0.25, 0.3) is 10.9 Å². The molecule has 138 valence electrons. The first-order chi connectivity index (χ1) is 13.1. The molecular weight excluding hydrogens is 358 g/mol. The summed E-state index contributed by atoms with van der Waals surface area (Å²) in [4.78, 5) is 29.6. The quantitative estimate of drug-likeness (QED) is 0.384. The maximum absolute atomic E-state index is 12.7. The molecule has 0 saturated carbocycles. The van der Waals surface area contributed by atoms with Gasteiger partial charge in [-0.2, -0.15) is 0 Å². The SMILES string of the molecule is C=CCn1c(SCC(=O)Nc2cccc(CC)c2)nc2ccccc2c1=O. The first kappa shape index (κ1) is 18.9. The molecule has 0 fully saturated rings. The molecule has 0 bridgehead atoms. The Morgan fingerprint density at radius 3 is 2.85 bits per heavy atom. The lowest BCUT2D eigenvalue weighted by Gasteiger charge is -2.11. The third-order valence-electron chi connectivity index (χ3n) is 4.09. The average molecular weight is 379 g/mol. The Labute approximate surface area is 162 Å². The van der Waals surface area contributed by atoms with Crippen molar-refractivity contribution in [2.75, 3.05) is 11.1 Å². The van der Waals surface area contributed by atoms with E-state index < -0.39 is 0 Å². The van der Waals surface area contributed by atoms with Gasteiger partial charge < -0.3 is 5.32 Å². The highest BCUT2D eigenvalue weighted by atomic mass is 32.2. The molecule has 1 aromatic heterocycles. The molecule has 0 aliphatic rings. The molecule has 0 radical (unpaired) electrons. The van der Waals surface area contributed by atoms with E-state index in [9.17, 15) is 9.59 Å². The second-order valence-electron chi connectivity index (χ2n) is 6.01. The number of nitrogens with one attached hydrogen (secondary N) is 1. The largest absolute Gasteiger partial charge is 0.325 e. The molecule has 2 aromatic carbocycles.